The van der Waals surface area contributed by atoms with Crippen LogP contribution >= 0.6 is 0 Å². The van der Waals surface area contributed by atoms with E-state index in [0.29, 0.717) is 13.2 Å². The third-order valence-corrected chi connectivity index (χ3v) is 4.78. The lowest BCUT2D eigenvalue weighted by molar-refractivity contribution is -0.128. The molecule has 5 heteroatoms. The zero-order valence-corrected chi connectivity index (χ0v) is 16.5. The first kappa shape index (κ1) is 19.0. The summed E-state index contributed by atoms with van der Waals surface area (Å²) < 4.78 is 8.18. The second kappa shape index (κ2) is 8.25. The van der Waals surface area contributed by atoms with Crippen LogP contribution in [0.2, 0.25) is 0 Å². The maximum atomic E-state index is 11.6. The molecular formula is C22H27N3O2. The van der Waals surface area contributed by atoms with Gasteiger partial charge in [0.2, 0.25) is 5.91 Å². The number of hydrogen-bond acceptors (Lipinski definition) is 3. The predicted octanol–water partition coefficient (Wildman–Crippen LogP) is 4.10. The van der Waals surface area contributed by atoms with E-state index in [1.807, 2.05) is 18.2 Å². The number of rotatable bonds is 7. The van der Waals surface area contributed by atoms with Crippen molar-refractivity contribution in [3.05, 3.63) is 59.4 Å². The molecule has 0 N–H and O–H groups in total. The number of fused-ring (bicyclic) bond motifs is 1. The fourth-order valence-corrected chi connectivity index (χ4v) is 3.09. The second-order valence-corrected chi connectivity index (χ2v) is 7.01. The monoisotopic (exact) mass is 365 g/mol. The lowest BCUT2D eigenvalue weighted by Gasteiger charge is -2.16. The van der Waals surface area contributed by atoms with Gasteiger partial charge in [0.15, 0.2) is 0 Å². The van der Waals surface area contributed by atoms with Gasteiger partial charge < -0.3 is 14.2 Å². The third kappa shape index (κ3) is 4.48. The normalized spacial score (nSPS) is 11.0. The van der Waals surface area contributed by atoms with E-state index in [1.165, 1.54) is 5.56 Å². The van der Waals surface area contributed by atoms with E-state index < -0.39 is 0 Å². The van der Waals surface area contributed by atoms with E-state index in [0.717, 1.165) is 41.1 Å². The Balaban J connectivity index is 1.71. The van der Waals surface area contributed by atoms with Gasteiger partial charge in [-0.05, 0) is 49.6 Å². The van der Waals surface area contributed by atoms with Crippen molar-refractivity contribution in [3.63, 3.8) is 0 Å². The number of carbonyl (C=O) groups excluding carboxylic acids is 1. The summed E-state index contributed by atoms with van der Waals surface area (Å²) in [5.41, 5.74) is 4.40. The summed E-state index contributed by atoms with van der Waals surface area (Å²) in [7, 11) is 1.80. The number of carbonyl (C=O) groups is 1. The molecule has 0 spiro atoms. The molecule has 0 saturated carbocycles. The van der Waals surface area contributed by atoms with Gasteiger partial charge in [-0.3, -0.25) is 4.79 Å². The lowest BCUT2D eigenvalue weighted by Crippen LogP contribution is -2.25. The van der Waals surface area contributed by atoms with Crippen LogP contribution in [-0.4, -0.2) is 34.0 Å². The summed E-state index contributed by atoms with van der Waals surface area (Å²) >= 11 is 0. The fourth-order valence-electron chi connectivity index (χ4n) is 3.09. The molecular weight excluding hydrogens is 338 g/mol. The number of aryl methyl sites for hydroxylation is 3. The molecule has 0 bridgehead atoms. The Bertz CT molecular complexity index is 946. The van der Waals surface area contributed by atoms with E-state index >= 15 is 0 Å². The van der Waals surface area contributed by atoms with Gasteiger partial charge in [0.05, 0.1) is 24.2 Å². The molecule has 0 fully saturated rings. The van der Waals surface area contributed by atoms with Crippen molar-refractivity contribution in [2.24, 2.45) is 0 Å². The van der Waals surface area contributed by atoms with Gasteiger partial charge in [-0.2, -0.15) is 0 Å². The molecule has 1 amide bonds. The van der Waals surface area contributed by atoms with Crippen LogP contribution in [0.5, 0.6) is 5.75 Å². The molecule has 2 aromatic carbocycles. The Morgan fingerprint density at radius 2 is 1.96 bits per heavy atom. The lowest BCUT2D eigenvalue weighted by atomic mass is 10.1. The van der Waals surface area contributed by atoms with Gasteiger partial charge in [0.1, 0.15) is 11.6 Å². The summed E-state index contributed by atoms with van der Waals surface area (Å²) in [6.45, 7) is 7.65. The van der Waals surface area contributed by atoms with Crippen LogP contribution in [-0.2, 0) is 17.9 Å². The largest absolute Gasteiger partial charge is 0.493 e. The molecule has 3 rings (SSSR count). The SMILES string of the molecule is CC(=O)N(C)Cc1nc2ccccc2n1CCCOc1cc(C)ccc1C. The molecule has 0 aliphatic carbocycles. The standard InChI is InChI=1S/C22H27N3O2/c1-16-10-11-17(2)21(14-16)27-13-7-12-25-20-9-6-5-8-19(20)23-22(25)15-24(4)18(3)26/h5-6,8-11,14H,7,12-13,15H2,1-4H3. The maximum Gasteiger partial charge on any atom is 0.219 e. The molecule has 0 aliphatic heterocycles. The molecule has 0 unspecified atom stereocenters. The van der Waals surface area contributed by atoms with Gasteiger partial charge in [-0.1, -0.05) is 24.3 Å². The van der Waals surface area contributed by atoms with Gasteiger partial charge in [-0.25, -0.2) is 4.98 Å². The molecule has 0 atom stereocenters. The summed E-state index contributed by atoms with van der Waals surface area (Å²) in [5.74, 6) is 1.88. The van der Waals surface area contributed by atoms with Crippen molar-refractivity contribution in [1.82, 2.24) is 14.5 Å². The van der Waals surface area contributed by atoms with Crippen LogP contribution in [0.1, 0.15) is 30.3 Å². The molecule has 1 heterocycles. The van der Waals surface area contributed by atoms with E-state index in [4.69, 9.17) is 9.72 Å². The molecule has 1 aromatic heterocycles. The number of aromatic nitrogens is 2. The first-order chi connectivity index (χ1) is 13.0. The number of benzene rings is 2. The number of imidazole rings is 1. The van der Waals surface area contributed by atoms with Crippen molar-refractivity contribution < 1.29 is 9.53 Å². The minimum atomic E-state index is 0.0341. The highest BCUT2D eigenvalue weighted by Crippen LogP contribution is 2.20. The summed E-state index contributed by atoms with van der Waals surface area (Å²) in [6.07, 6.45) is 0.866. The van der Waals surface area contributed by atoms with E-state index in [9.17, 15) is 4.79 Å². The van der Waals surface area contributed by atoms with Crippen molar-refractivity contribution in [2.45, 2.75) is 40.3 Å². The summed E-state index contributed by atoms with van der Waals surface area (Å²) in [6, 6.07) is 14.4. The molecule has 3 aromatic rings. The van der Waals surface area contributed by atoms with Crippen molar-refractivity contribution >= 4 is 16.9 Å². The first-order valence-corrected chi connectivity index (χ1v) is 9.31. The van der Waals surface area contributed by atoms with Gasteiger partial charge >= 0.3 is 0 Å². The van der Waals surface area contributed by atoms with Crippen LogP contribution in [0.15, 0.2) is 42.5 Å². The summed E-state index contributed by atoms with van der Waals surface area (Å²) in [4.78, 5) is 18.0. The van der Waals surface area contributed by atoms with E-state index in [-0.39, 0.29) is 5.91 Å². The zero-order valence-electron chi connectivity index (χ0n) is 16.5. The molecule has 5 nitrogen and oxygen atoms in total. The Hall–Kier alpha value is -2.82. The highest BCUT2D eigenvalue weighted by atomic mass is 16.5. The fraction of sp³-hybridized carbons (Fsp3) is 0.364. The highest BCUT2D eigenvalue weighted by molar-refractivity contribution is 5.76. The molecule has 142 valence electrons. The predicted molar refractivity (Wildman–Crippen MR) is 108 cm³/mol. The number of ether oxygens (including phenoxy) is 1. The first-order valence-electron chi connectivity index (χ1n) is 9.31. The van der Waals surface area contributed by atoms with Gasteiger partial charge in [0, 0.05) is 20.5 Å². The molecule has 0 saturated heterocycles. The van der Waals surface area contributed by atoms with Crippen molar-refractivity contribution in [3.8, 4) is 5.75 Å². The Morgan fingerprint density at radius 3 is 2.74 bits per heavy atom. The Labute approximate surface area is 160 Å². The average molecular weight is 365 g/mol. The van der Waals surface area contributed by atoms with Crippen LogP contribution in [0, 0.1) is 13.8 Å². The average Bonchev–Trinajstić information content (AvgIpc) is 2.98. The number of amides is 1. The molecule has 0 radical (unpaired) electrons. The van der Waals surface area contributed by atoms with Crippen LogP contribution in [0.3, 0.4) is 0 Å². The van der Waals surface area contributed by atoms with Gasteiger partial charge in [-0.15, -0.1) is 0 Å². The smallest absolute Gasteiger partial charge is 0.219 e. The maximum absolute atomic E-state index is 11.6. The van der Waals surface area contributed by atoms with E-state index in [2.05, 4.69) is 42.7 Å². The number of nitrogens with zero attached hydrogens (tertiary/aromatic N) is 3. The molecule has 27 heavy (non-hydrogen) atoms. The van der Waals surface area contributed by atoms with Crippen LogP contribution in [0.4, 0.5) is 0 Å². The van der Waals surface area contributed by atoms with Crippen LogP contribution < -0.4 is 4.74 Å². The Morgan fingerprint density at radius 1 is 1.19 bits per heavy atom. The zero-order chi connectivity index (χ0) is 19.4. The van der Waals surface area contributed by atoms with Crippen LogP contribution in [0.25, 0.3) is 11.0 Å². The molecule has 0 aliphatic rings. The van der Waals surface area contributed by atoms with Gasteiger partial charge in [0.25, 0.3) is 0 Å². The van der Waals surface area contributed by atoms with E-state index in [1.54, 1.807) is 18.9 Å². The summed E-state index contributed by atoms with van der Waals surface area (Å²) in [5, 5.41) is 0. The minimum absolute atomic E-state index is 0.0341. The quantitative estimate of drug-likeness (QED) is 0.592. The second-order valence-electron chi connectivity index (χ2n) is 7.01. The number of hydrogen-bond donors (Lipinski definition) is 0. The Kier molecular flexibility index (Phi) is 5.79. The third-order valence-electron chi connectivity index (χ3n) is 4.78. The number of para-hydroxylation sites is 2. The topological polar surface area (TPSA) is 47.4 Å². The minimum Gasteiger partial charge on any atom is -0.493 e. The highest BCUT2D eigenvalue weighted by Gasteiger charge is 2.13. The van der Waals surface area contributed by atoms with Crippen molar-refractivity contribution in [1.29, 1.82) is 0 Å². The van der Waals surface area contributed by atoms with Crippen molar-refractivity contribution in [2.75, 3.05) is 13.7 Å².